The maximum atomic E-state index is 12.8. The highest BCUT2D eigenvalue weighted by atomic mass is 16.5. The van der Waals surface area contributed by atoms with E-state index in [2.05, 4.69) is 10.3 Å². The molecule has 0 atom stereocenters. The molecule has 2 aliphatic rings. The molecular formula is C21H29N5O4. The zero-order chi connectivity index (χ0) is 21.1. The molecule has 2 aromatic rings. The van der Waals surface area contributed by atoms with Gasteiger partial charge in [0.1, 0.15) is 0 Å². The minimum atomic E-state index is -1.02. The first kappa shape index (κ1) is 20.6. The summed E-state index contributed by atoms with van der Waals surface area (Å²) in [5.41, 5.74) is 2.69. The summed E-state index contributed by atoms with van der Waals surface area (Å²) in [6.45, 7) is 5.48. The Balaban J connectivity index is 1.49. The third-order valence-electron chi connectivity index (χ3n) is 6.34. The van der Waals surface area contributed by atoms with Crippen molar-refractivity contribution in [1.82, 2.24) is 24.6 Å². The van der Waals surface area contributed by atoms with E-state index in [4.69, 9.17) is 9.84 Å². The number of carboxylic acid groups (broad SMARTS) is 1. The number of ether oxygens (including phenoxy) is 1. The number of carbonyl (C=O) groups excluding carboxylic acids is 1. The molecular weight excluding hydrogens is 386 g/mol. The predicted octanol–water partition coefficient (Wildman–Crippen LogP) is 1.90. The summed E-state index contributed by atoms with van der Waals surface area (Å²) in [6, 6.07) is 0. The third kappa shape index (κ3) is 3.98. The van der Waals surface area contributed by atoms with E-state index in [-0.39, 0.29) is 17.1 Å². The number of hydrogen-bond donors (Lipinski definition) is 2. The van der Waals surface area contributed by atoms with Gasteiger partial charge in [-0.15, -0.1) is 0 Å². The van der Waals surface area contributed by atoms with Crippen molar-refractivity contribution in [2.75, 3.05) is 19.8 Å². The minimum Gasteiger partial charge on any atom is -0.475 e. The quantitative estimate of drug-likeness (QED) is 0.668. The number of aryl methyl sites for hydroxylation is 3. The Kier molecular flexibility index (Phi) is 5.90. The second-order valence-electron chi connectivity index (χ2n) is 8.27. The second kappa shape index (κ2) is 8.59. The van der Waals surface area contributed by atoms with Crippen molar-refractivity contribution in [3.8, 4) is 0 Å². The Morgan fingerprint density at radius 3 is 2.80 bits per heavy atom. The summed E-state index contributed by atoms with van der Waals surface area (Å²) in [5, 5.41) is 17.1. The van der Waals surface area contributed by atoms with Crippen LogP contribution < -0.4 is 5.32 Å². The normalized spacial score (nSPS) is 18.1. The average Bonchev–Trinajstić information content (AvgIpc) is 3.32. The van der Waals surface area contributed by atoms with Crippen LogP contribution in [0.2, 0.25) is 0 Å². The molecule has 0 bridgehead atoms. The number of nitrogens with zero attached hydrogens (tertiary/aromatic N) is 4. The van der Waals surface area contributed by atoms with Crippen molar-refractivity contribution in [1.29, 1.82) is 0 Å². The van der Waals surface area contributed by atoms with E-state index in [1.54, 1.807) is 10.8 Å². The second-order valence-corrected chi connectivity index (χ2v) is 8.27. The zero-order valence-electron chi connectivity index (χ0n) is 17.4. The van der Waals surface area contributed by atoms with Gasteiger partial charge < -0.3 is 19.7 Å². The van der Waals surface area contributed by atoms with E-state index in [0.29, 0.717) is 19.6 Å². The van der Waals surface area contributed by atoms with Gasteiger partial charge in [0.25, 0.3) is 5.91 Å². The lowest BCUT2D eigenvalue weighted by atomic mass is 9.76. The monoisotopic (exact) mass is 415 g/mol. The standard InChI is InChI=1S/C21H29N5O4/c1-2-15-17-16(13-21(14-23-19(17)27)5-11-30-12-6-21)26(24-15)9-4-3-8-25-10-7-22-18(25)20(28)29/h7,10H,2-6,8-9,11-14H2,1H3,(H,23,27)(H,28,29). The van der Waals surface area contributed by atoms with E-state index in [0.717, 1.165) is 68.7 Å². The van der Waals surface area contributed by atoms with Gasteiger partial charge in [-0.2, -0.15) is 5.10 Å². The van der Waals surface area contributed by atoms with Crippen LogP contribution in [0.4, 0.5) is 0 Å². The molecule has 2 N–H and O–H groups in total. The van der Waals surface area contributed by atoms with Gasteiger partial charge in [0.15, 0.2) is 0 Å². The Morgan fingerprint density at radius 1 is 1.30 bits per heavy atom. The van der Waals surface area contributed by atoms with Crippen LogP contribution in [-0.2, 0) is 30.7 Å². The fraction of sp³-hybridized carbons (Fsp3) is 0.619. The van der Waals surface area contributed by atoms with Crippen molar-refractivity contribution in [2.24, 2.45) is 5.41 Å². The Morgan fingerprint density at radius 2 is 2.07 bits per heavy atom. The molecule has 162 valence electrons. The van der Waals surface area contributed by atoms with Gasteiger partial charge in [0.05, 0.1) is 17.0 Å². The first-order chi connectivity index (χ1) is 14.5. The summed E-state index contributed by atoms with van der Waals surface area (Å²) in [7, 11) is 0. The van der Waals surface area contributed by atoms with Gasteiger partial charge >= 0.3 is 5.97 Å². The van der Waals surface area contributed by atoms with Crippen LogP contribution >= 0.6 is 0 Å². The number of hydrogen-bond acceptors (Lipinski definition) is 5. The molecule has 0 radical (unpaired) electrons. The van der Waals surface area contributed by atoms with Crippen molar-refractivity contribution >= 4 is 11.9 Å². The fourth-order valence-corrected chi connectivity index (χ4v) is 4.59. The smallest absolute Gasteiger partial charge is 0.372 e. The number of amides is 1. The molecule has 1 saturated heterocycles. The summed E-state index contributed by atoms with van der Waals surface area (Å²) < 4.78 is 9.24. The van der Waals surface area contributed by atoms with Crippen LogP contribution in [0.1, 0.15) is 65.0 Å². The molecule has 2 aromatic heterocycles. The molecule has 1 fully saturated rings. The largest absolute Gasteiger partial charge is 0.475 e. The SMILES string of the molecule is CCc1nn(CCCCn2ccnc2C(=O)O)c2c1C(=O)NCC1(CCOCC1)C2. The minimum absolute atomic E-state index is 0.0130. The van der Waals surface area contributed by atoms with Crippen LogP contribution in [0, 0.1) is 5.41 Å². The van der Waals surface area contributed by atoms with Gasteiger partial charge in [-0.05, 0) is 43.9 Å². The number of nitrogens with one attached hydrogen (secondary N) is 1. The van der Waals surface area contributed by atoms with Gasteiger partial charge in [-0.3, -0.25) is 9.48 Å². The van der Waals surface area contributed by atoms with E-state index in [1.165, 1.54) is 6.20 Å². The highest BCUT2D eigenvalue weighted by Crippen LogP contribution is 2.37. The van der Waals surface area contributed by atoms with Crippen LogP contribution in [0.3, 0.4) is 0 Å². The number of fused-ring (bicyclic) bond motifs is 1. The maximum absolute atomic E-state index is 12.8. The number of imidazole rings is 1. The van der Waals surface area contributed by atoms with E-state index < -0.39 is 5.97 Å². The topological polar surface area (TPSA) is 111 Å². The van der Waals surface area contributed by atoms with Crippen LogP contribution in [0.5, 0.6) is 0 Å². The molecule has 0 unspecified atom stereocenters. The summed E-state index contributed by atoms with van der Waals surface area (Å²) in [5.74, 6) is -0.965. The lowest BCUT2D eigenvalue weighted by molar-refractivity contribution is 0.0152. The number of aromatic nitrogens is 4. The first-order valence-corrected chi connectivity index (χ1v) is 10.7. The summed E-state index contributed by atoms with van der Waals surface area (Å²) in [4.78, 5) is 27.9. The van der Waals surface area contributed by atoms with Gasteiger partial charge in [-0.1, -0.05) is 6.92 Å². The molecule has 30 heavy (non-hydrogen) atoms. The Bertz CT molecular complexity index is 926. The highest BCUT2D eigenvalue weighted by Gasteiger charge is 2.39. The molecule has 4 rings (SSSR count). The lowest BCUT2D eigenvalue weighted by Gasteiger charge is -2.36. The van der Waals surface area contributed by atoms with Gasteiger partial charge in [-0.25, -0.2) is 9.78 Å². The van der Waals surface area contributed by atoms with Gasteiger partial charge in [0, 0.05) is 45.2 Å². The molecule has 0 aliphatic carbocycles. The molecule has 0 aromatic carbocycles. The van der Waals surface area contributed by atoms with E-state index >= 15 is 0 Å². The third-order valence-corrected chi connectivity index (χ3v) is 6.34. The summed E-state index contributed by atoms with van der Waals surface area (Å²) in [6.07, 6.45) is 8.28. The molecule has 2 aliphatic heterocycles. The van der Waals surface area contributed by atoms with E-state index in [1.807, 2.05) is 11.6 Å². The lowest BCUT2D eigenvalue weighted by Crippen LogP contribution is -2.40. The van der Waals surface area contributed by atoms with Crippen molar-refractivity contribution in [3.05, 3.63) is 35.2 Å². The van der Waals surface area contributed by atoms with Crippen molar-refractivity contribution in [2.45, 2.75) is 58.5 Å². The average molecular weight is 415 g/mol. The van der Waals surface area contributed by atoms with Crippen LogP contribution in [0.25, 0.3) is 0 Å². The molecule has 9 heteroatoms. The molecule has 1 amide bonds. The number of aromatic carboxylic acids is 1. The molecule has 9 nitrogen and oxygen atoms in total. The zero-order valence-corrected chi connectivity index (χ0v) is 17.4. The number of carbonyl (C=O) groups is 2. The van der Waals surface area contributed by atoms with E-state index in [9.17, 15) is 14.7 Å². The fourth-order valence-electron chi connectivity index (χ4n) is 4.59. The van der Waals surface area contributed by atoms with Crippen molar-refractivity contribution < 1.29 is 19.4 Å². The maximum Gasteiger partial charge on any atom is 0.372 e. The molecule has 4 heterocycles. The summed E-state index contributed by atoms with van der Waals surface area (Å²) >= 11 is 0. The molecule has 0 saturated carbocycles. The highest BCUT2D eigenvalue weighted by molar-refractivity contribution is 5.97. The Labute approximate surface area is 175 Å². The first-order valence-electron chi connectivity index (χ1n) is 10.7. The number of carboxylic acids is 1. The number of unbranched alkanes of at least 4 members (excludes halogenated alkanes) is 1. The van der Waals surface area contributed by atoms with Gasteiger partial charge in [0.2, 0.25) is 5.82 Å². The molecule has 1 spiro atoms. The van der Waals surface area contributed by atoms with Crippen LogP contribution in [-0.4, -0.2) is 56.1 Å². The Hall–Kier alpha value is -2.68. The van der Waals surface area contributed by atoms with Crippen LogP contribution in [0.15, 0.2) is 12.4 Å². The number of rotatable bonds is 7. The predicted molar refractivity (Wildman–Crippen MR) is 109 cm³/mol. The van der Waals surface area contributed by atoms with Crippen molar-refractivity contribution in [3.63, 3.8) is 0 Å².